The summed E-state index contributed by atoms with van der Waals surface area (Å²) >= 11 is 6.41. The third-order valence-electron chi connectivity index (χ3n) is 4.67. The molecule has 0 unspecified atom stereocenters. The molecule has 1 aromatic heterocycles. The molecule has 0 aliphatic carbocycles. The van der Waals surface area contributed by atoms with Crippen molar-refractivity contribution >= 4 is 17.4 Å². The molecule has 148 valence electrons. The van der Waals surface area contributed by atoms with Crippen LogP contribution in [0.4, 0.5) is 5.82 Å². The Kier molecular flexibility index (Phi) is 8.86. The summed E-state index contributed by atoms with van der Waals surface area (Å²) in [5, 5.41) is 0.624. The highest BCUT2D eigenvalue weighted by Gasteiger charge is 2.14. The summed E-state index contributed by atoms with van der Waals surface area (Å²) in [6, 6.07) is 6.54. The highest BCUT2D eigenvalue weighted by atomic mass is 35.5. The van der Waals surface area contributed by atoms with Crippen molar-refractivity contribution in [1.29, 1.82) is 0 Å². The van der Waals surface area contributed by atoms with Gasteiger partial charge in [-0.15, -0.1) is 0 Å². The van der Waals surface area contributed by atoms with E-state index in [1.54, 1.807) is 6.33 Å². The first-order chi connectivity index (χ1) is 13.1. The van der Waals surface area contributed by atoms with Crippen LogP contribution in [-0.2, 0) is 6.42 Å². The topological polar surface area (TPSA) is 38.2 Å². The zero-order valence-corrected chi connectivity index (χ0v) is 17.9. The van der Waals surface area contributed by atoms with Crippen molar-refractivity contribution in [1.82, 2.24) is 9.97 Å². The predicted molar refractivity (Wildman–Crippen MR) is 114 cm³/mol. The second-order valence-corrected chi connectivity index (χ2v) is 7.37. The van der Waals surface area contributed by atoms with E-state index in [0.717, 1.165) is 43.2 Å². The second kappa shape index (κ2) is 11.1. The monoisotopic (exact) mass is 389 g/mol. The van der Waals surface area contributed by atoms with Gasteiger partial charge in [-0.2, -0.15) is 0 Å². The molecule has 0 fully saturated rings. The molecule has 5 heteroatoms. The van der Waals surface area contributed by atoms with Crippen LogP contribution in [0.2, 0.25) is 5.02 Å². The van der Waals surface area contributed by atoms with Gasteiger partial charge in [-0.25, -0.2) is 9.97 Å². The first kappa shape index (κ1) is 21.5. The summed E-state index contributed by atoms with van der Waals surface area (Å²) in [6.45, 7) is 10.6. The largest absolute Gasteiger partial charge is 0.491 e. The average Bonchev–Trinajstić information content (AvgIpc) is 2.65. The Balaban J connectivity index is 1.95. The SMILES string of the molecule is CCCCCc1ccc(OCCN(CCC)c2ncnc(C)c2Cl)c(C)c1. The first-order valence-electron chi connectivity index (χ1n) is 10.0. The van der Waals surface area contributed by atoms with E-state index in [4.69, 9.17) is 16.3 Å². The maximum Gasteiger partial charge on any atom is 0.151 e. The molecule has 4 nitrogen and oxygen atoms in total. The van der Waals surface area contributed by atoms with Crippen LogP contribution in [-0.4, -0.2) is 29.7 Å². The molecule has 0 radical (unpaired) electrons. The zero-order valence-electron chi connectivity index (χ0n) is 17.1. The quantitative estimate of drug-likeness (QED) is 0.457. The highest BCUT2D eigenvalue weighted by Crippen LogP contribution is 2.25. The molecular formula is C22H32ClN3O. The van der Waals surface area contributed by atoms with Crippen LogP contribution in [0, 0.1) is 13.8 Å². The van der Waals surface area contributed by atoms with Crippen molar-refractivity contribution in [2.75, 3.05) is 24.6 Å². The minimum absolute atomic E-state index is 0.593. The Bertz CT molecular complexity index is 721. The number of hydrogen-bond acceptors (Lipinski definition) is 4. The van der Waals surface area contributed by atoms with Gasteiger partial charge >= 0.3 is 0 Å². The van der Waals surface area contributed by atoms with Crippen LogP contribution >= 0.6 is 11.6 Å². The predicted octanol–water partition coefficient (Wildman–Crippen LogP) is 5.77. The normalized spacial score (nSPS) is 10.9. The molecule has 0 aliphatic rings. The molecule has 0 N–H and O–H groups in total. The smallest absolute Gasteiger partial charge is 0.151 e. The molecular weight excluding hydrogens is 358 g/mol. The van der Waals surface area contributed by atoms with Crippen LogP contribution in [0.25, 0.3) is 0 Å². The molecule has 0 amide bonds. The van der Waals surface area contributed by atoms with E-state index < -0.39 is 0 Å². The van der Waals surface area contributed by atoms with Crippen LogP contribution in [0.1, 0.15) is 56.4 Å². The van der Waals surface area contributed by atoms with Gasteiger partial charge in [0.2, 0.25) is 0 Å². The minimum atomic E-state index is 0.593. The van der Waals surface area contributed by atoms with E-state index in [1.165, 1.54) is 30.4 Å². The van der Waals surface area contributed by atoms with Crippen LogP contribution in [0.15, 0.2) is 24.5 Å². The van der Waals surface area contributed by atoms with E-state index in [1.807, 2.05) is 6.92 Å². The van der Waals surface area contributed by atoms with Gasteiger partial charge in [-0.3, -0.25) is 0 Å². The number of nitrogens with zero attached hydrogens (tertiary/aromatic N) is 3. The Morgan fingerprint density at radius 2 is 1.85 bits per heavy atom. The van der Waals surface area contributed by atoms with Crippen molar-refractivity contribution in [3.05, 3.63) is 46.4 Å². The molecule has 0 bridgehead atoms. The molecule has 27 heavy (non-hydrogen) atoms. The van der Waals surface area contributed by atoms with Gasteiger partial charge in [-0.05, 0) is 50.3 Å². The minimum Gasteiger partial charge on any atom is -0.491 e. The molecule has 1 heterocycles. The lowest BCUT2D eigenvalue weighted by molar-refractivity contribution is 0.321. The van der Waals surface area contributed by atoms with E-state index in [-0.39, 0.29) is 0 Å². The lowest BCUT2D eigenvalue weighted by Crippen LogP contribution is -2.30. The Morgan fingerprint density at radius 3 is 2.56 bits per heavy atom. The molecule has 0 saturated carbocycles. The van der Waals surface area contributed by atoms with Crippen molar-refractivity contribution in [3.8, 4) is 5.75 Å². The molecule has 0 aliphatic heterocycles. The molecule has 0 spiro atoms. The third kappa shape index (κ3) is 6.39. The molecule has 1 aromatic carbocycles. The van der Waals surface area contributed by atoms with Gasteiger partial charge in [0, 0.05) is 6.54 Å². The van der Waals surface area contributed by atoms with Crippen molar-refractivity contribution in [2.24, 2.45) is 0 Å². The molecule has 0 saturated heterocycles. The van der Waals surface area contributed by atoms with Crippen molar-refractivity contribution < 1.29 is 4.74 Å². The lowest BCUT2D eigenvalue weighted by atomic mass is 10.0. The fraction of sp³-hybridized carbons (Fsp3) is 0.545. The number of benzene rings is 1. The summed E-state index contributed by atoms with van der Waals surface area (Å²) in [4.78, 5) is 10.7. The van der Waals surface area contributed by atoms with Gasteiger partial charge in [0.15, 0.2) is 5.82 Å². The fourth-order valence-corrected chi connectivity index (χ4v) is 3.35. The number of hydrogen-bond donors (Lipinski definition) is 0. The number of aryl methyl sites for hydroxylation is 3. The van der Waals surface area contributed by atoms with Crippen LogP contribution < -0.4 is 9.64 Å². The lowest BCUT2D eigenvalue weighted by Gasteiger charge is -2.24. The van der Waals surface area contributed by atoms with E-state index in [2.05, 4.69) is 53.8 Å². The van der Waals surface area contributed by atoms with Crippen molar-refractivity contribution in [3.63, 3.8) is 0 Å². The maximum atomic E-state index is 6.41. The maximum absolute atomic E-state index is 6.41. The molecule has 2 rings (SSSR count). The average molecular weight is 390 g/mol. The van der Waals surface area contributed by atoms with E-state index in [9.17, 15) is 0 Å². The number of rotatable bonds is 11. The van der Waals surface area contributed by atoms with Gasteiger partial charge < -0.3 is 9.64 Å². The van der Waals surface area contributed by atoms with E-state index in [0.29, 0.717) is 11.6 Å². The van der Waals surface area contributed by atoms with Gasteiger partial charge in [0.25, 0.3) is 0 Å². The Labute approximate surface area is 168 Å². The molecule has 0 atom stereocenters. The summed E-state index contributed by atoms with van der Waals surface area (Å²) in [5.74, 6) is 1.74. The van der Waals surface area contributed by atoms with Gasteiger partial charge in [0.1, 0.15) is 23.7 Å². The Hall–Kier alpha value is -1.81. The van der Waals surface area contributed by atoms with Crippen molar-refractivity contribution in [2.45, 2.75) is 59.8 Å². The number of unbranched alkanes of at least 4 members (excludes halogenated alkanes) is 2. The number of halogens is 1. The zero-order chi connectivity index (χ0) is 19.6. The van der Waals surface area contributed by atoms with Crippen LogP contribution in [0.5, 0.6) is 5.75 Å². The summed E-state index contributed by atoms with van der Waals surface area (Å²) in [6.07, 6.45) is 7.53. The number of aromatic nitrogens is 2. The van der Waals surface area contributed by atoms with Gasteiger partial charge in [-0.1, -0.05) is 50.4 Å². The fourth-order valence-electron chi connectivity index (χ4n) is 3.13. The first-order valence-corrected chi connectivity index (χ1v) is 10.4. The van der Waals surface area contributed by atoms with Gasteiger partial charge in [0.05, 0.1) is 12.2 Å². The Morgan fingerprint density at radius 1 is 1.04 bits per heavy atom. The standard InChI is InChI=1S/C22H32ClN3O/c1-5-7-8-9-19-10-11-20(17(3)15-19)27-14-13-26(12-6-2)22-21(23)18(4)24-16-25-22/h10-11,15-16H,5-9,12-14H2,1-4H3. The van der Waals surface area contributed by atoms with Crippen LogP contribution in [0.3, 0.4) is 0 Å². The summed E-state index contributed by atoms with van der Waals surface area (Å²) < 4.78 is 6.06. The summed E-state index contributed by atoms with van der Waals surface area (Å²) in [5.41, 5.74) is 3.39. The number of anilines is 1. The molecule has 2 aromatic rings. The third-order valence-corrected chi connectivity index (χ3v) is 5.11. The van der Waals surface area contributed by atoms with E-state index >= 15 is 0 Å². The number of ether oxygens (including phenoxy) is 1. The summed E-state index contributed by atoms with van der Waals surface area (Å²) in [7, 11) is 0. The highest BCUT2D eigenvalue weighted by molar-refractivity contribution is 6.33. The second-order valence-electron chi connectivity index (χ2n) is 6.99.